The lowest BCUT2D eigenvalue weighted by Gasteiger charge is -2.25. The molecule has 0 aromatic heterocycles. The van der Waals surface area contributed by atoms with Gasteiger partial charge in [-0.2, -0.15) is 0 Å². The maximum absolute atomic E-state index is 12.0. The Morgan fingerprint density at radius 1 is 1.53 bits per heavy atom. The zero-order chi connectivity index (χ0) is 13.7. The van der Waals surface area contributed by atoms with Crippen LogP contribution in [0.4, 0.5) is 0 Å². The molecule has 104 valence electrons. The molecule has 2 unspecified atom stereocenters. The Morgan fingerprint density at radius 3 is 3.00 bits per heavy atom. The lowest BCUT2D eigenvalue weighted by Crippen LogP contribution is -2.46. The van der Waals surface area contributed by atoms with Gasteiger partial charge in [0, 0.05) is 6.61 Å². The number of benzene rings is 1. The molecule has 19 heavy (non-hydrogen) atoms. The van der Waals surface area contributed by atoms with E-state index in [0.29, 0.717) is 12.4 Å². The van der Waals surface area contributed by atoms with Gasteiger partial charge in [-0.05, 0) is 47.8 Å². The van der Waals surface area contributed by atoms with E-state index < -0.39 is 6.10 Å². The number of carbonyl (C=O) groups excluding carboxylic acids is 1. The van der Waals surface area contributed by atoms with Gasteiger partial charge in [0.15, 0.2) is 6.10 Å². The topological polar surface area (TPSA) is 47.6 Å². The van der Waals surface area contributed by atoms with Crippen molar-refractivity contribution in [2.45, 2.75) is 31.9 Å². The molecule has 1 heterocycles. The highest BCUT2D eigenvalue weighted by molar-refractivity contribution is 9.10. The Labute approximate surface area is 121 Å². The minimum absolute atomic E-state index is 0.103. The summed E-state index contributed by atoms with van der Waals surface area (Å²) >= 11 is 3.40. The lowest BCUT2D eigenvalue weighted by molar-refractivity contribution is -0.128. The summed E-state index contributed by atoms with van der Waals surface area (Å²) < 4.78 is 11.8. The Kier molecular flexibility index (Phi) is 5.22. The minimum atomic E-state index is -0.527. The number of rotatable bonds is 4. The predicted octanol–water partition coefficient (Wildman–Crippen LogP) is 2.51. The van der Waals surface area contributed by atoms with Gasteiger partial charge in [-0.1, -0.05) is 12.1 Å². The van der Waals surface area contributed by atoms with E-state index >= 15 is 0 Å². The Morgan fingerprint density at radius 2 is 2.32 bits per heavy atom. The van der Waals surface area contributed by atoms with E-state index in [9.17, 15) is 4.79 Å². The molecular formula is C14H18BrNO3. The van der Waals surface area contributed by atoms with Gasteiger partial charge in [-0.3, -0.25) is 4.79 Å². The molecule has 1 aromatic rings. The van der Waals surface area contributed by atoms with Crippen LogP contribution in [0.2, 0.25) is 0 Å². The van der Waals surface area contributed by atoms with Crippen LogP contribution in [0.15, 0.2) is 28.7 Å². The van der Waals surface area contributed by atoms with Crippen LogP contribution in [0.5, 0.6) is 5.75 Å². The zero-order valence-corrected chi connectivity index (χ0v) is 12.5. The van der Waals surface area contributed by atoms with Crippen molar-refractivity contribution >= 4 is 21.8 Å². The van der Waals surface area contributed by atoms with Crippen LogP contribution in [0.3, 0.4) is 0 Å². The Bertz CT molecular complexity index is 432. The minimum Gasteiger partial charge on any atom is -0.480 e. The number of halogens is 1. The van der Waals surface area contributed by atoms with E-state index in [4.69, 9.17) is 9.47 Å². The van der Waals surface area contributed by atoms with Crippen LogP contribution in [-0.2, 0) is 9.53 Å². The number of para-hydroxylation sites is 1. The van der Waals surface area contributed by atoms with Gasteiger partial charge in [0.25, 0.3) is 5.91 Å². The molecule has 1 amide bonds. The highest BCUT2D eigenvalue weighted by Crippen LogP contribution is 2.24. The molecule has 0 spiro atoms. The average molecular weight is 328 g/mol. The van der Waals surface area contributed by atoms with Gasteiger partial charge < -0.3 is 14.8 Å². The van der Waals surface area contributed by atoms with Crippen molar-refractivity contribution in [3.8, 4) is 5.75 Å². The predicted molar refractivity (Wildman–Crippen MR) is 76.2 cm³/mol. The van der Waals surface area contributed by atoms with Gasteiger partial charge in [0.1, 0.15) is 5.75 Å². The van der Waals surface area contributed by atoms with Gasteiger partial charge in [-0.15, -0.1) is 0 Å². The van der Waals surface area contributed by atoms with Gasteiger partial charge in [-0.25, -0.2) is 0 Å². The molecule has 4 nitrogen and oxygen atoms in total. The van der Waals surface area contributed by atoms with E-state index in [2.05, 4.69) is 21.2 Å². The number of hydrogen-bond acceptors (Lipinski definition) is 3. The quantitative estimate of drug-likeness (QED) is 0.924. The third-order valence-electron chi connectivity index (χ3n) is 3.02. The molecule has 1 aromatic carbocycles. The molecule has 0 bridgehead atoms. The first kappa shape index (κ1) is 14.3. The molecular weight excluding hydrogens is 310 g/mol. The van der Waals surface area contributed by atoms with E-state index in [1.54, 1.807) is 6.92 Å². The number of amides is 1. The summed E-state index contributed by atoms with van der Waals surface area (Å²) in [6.07, 6.45) is 1.43. The fourth-order valence-electron chi connectivity index (χ4n) is 1.96. The van der Waals surface area contributed by atoms with Crippen LogP contribution in [0.1, 0.15) is 19.8 Å². The number of hydrogen-bond donors (Lipinski definition) is 1. The number of nitrogens with one attached hydrogen (secondary N) is 1. The van der Waals surface area contributed by atoms with Crippen LogP contribution < -0.4 is 10.1 Å². The van der Waals surface area contributed by atoms with Crippen LogP contribution in [-0.4, -0.2) is 31.3 Å². The van der Waals surface area contributed by atoms with Crippen molar-refractivity contribution in [3.05, 3.63) is 28.7 Å². The summed E-state index contributed by atoms with van der Waals surface area (Å²) in [6, 6.07) is 7.60. The maximum atomic E-state index is 12.0. The second-order valence-electron chi connectivity index (χ2n) is 4.61. The molecule has 1 saturated heterocycles. The first-order valence-electron chi connectivity index (χ1n) is 6.46. The molecule has 2 rings (SSSR count). The number of ether oxygens (including phenoxy) is 2. The first-order valence-corrected chi connectivity index (χ1v) is 7.25. The van der Waals surface area contributed by atoms with Crippen molar-refractivity contribution in [1.29, 1.82) is 0 Å². The van der Waals surface area contributed by atoms with Crippen molar-refractivity contribution in [3.63, 3.8) is 0 Å². The second kappa shape index (κ2) is 6.91. The van der Waals surface area contributed by atoms with Gasteiger partial charge >= 0.3 is 0 Å². The maximum Gasteiger partial charge on any atom is 0.261 e. The highest BCUT2D eigenvalue weighted by atomic mass is 79.9. The molecule has 0 saturated carbocycles. The molecule has 1 aliphatic heterocycles. The van der Waals surface area contributed by atoms with Crippen molar-refractivity contribution in [1.82, 2.24) is 5.32 Å². The summed E-state index contributed by atoms with van der Waals surface area (Å²) in [6.45, 7) is 3.13. The molecule has 2 atom stereocenters. The molecule has 0 aliphatic carbocycles. The van der Waals surface area contributed by atoms with Gasteiger partial charge in [0.05, 0.1) is 17.1 Å². The van der Waals surface area contributed by atoms with Crippen molar-refractivity contribution < 1.29 is 14.3 Å². The summed E-state index contributed by atoms with van der Waals surface area (Å²) in [7, 11) is 0. The van der Waals surface area contributed by atoms with Crippen LogP contribution in [0.25, 0.3) is 0 Å². The number of carbonyl (C=O) groups is 1. The fourth-order valence-corrected chi connectivity index (χ4v) is 2.34. The average Bonchev–Trinajstić information content (AvgIpc) is 2.42. The molecule has 1 N–H and O–H groups in total. The third-order valence-corrected chi connectivity index (χ3v) is 3.67. The molecule has 5 heteroatoms. The van der Waals surface area contributed by atoms with E-state index in [1.807, 2.05) is 24.3 Å². The smallest absolute Gasteiger partial charge is 0.261 e. The third kappa shape index (κ3) is 4.21. The standard InChI is InChI=1S/C14H18BrNO3/c1-10(19-13-7-3-2-6-12(13)15)14(17)16-11-5-4-8-18-9-11/h2-3,6-7,10-11H,4-5,8-9H2,1H3,(H,16,17). The largest absolute Gasteiger partial charge is 0.480 e. The first-order chi connectivity index (χ1) is 9.16. The monoisotopic (exact) mass is 327 g/mol. The fraction of sp³-hybridized carbons (Fsp3) is 0.500. The van der Waals surface area contributed by atoms with Crippen LogP contribution in [0, 0.1) is 0 Å². The van der Waals surface area contributed by atoms with E-state index in [0.717, 1.165) is 23.9 Å². The van der Waals surface area contributed by atoms with Crippen molar-refractivity contribution in [2.24, 2.45) is 0 Å². The molecule has 0 radical (unpaired) electrons. The lowest BCUT2D eigenvalue weighted by atomic mass is 10.1. The summed E-state index contributed by atoms with van der Waals surface area (Å²) in [5.41, 5.74) is 0. The normalized spacial score (nSPS) is 20.6. The zero-order valence-electron chi connectivity index (χ0n) is 10.9. The SMILES string of the molecule is CC(Oc1ccccc1Br)C(=O)NC1CCCOC1. The Hall–Kier alpha value is -1.07. The van der Waals surface area contributed by atoms with E-state index in [-0.39, 0.29) is 11.9 Å². The summed E-state index contributed by atoms with van der Waals surface area (Å²) in [5, 5.41) is 2.95. The van der Waals surface area contributed by atoms with E-state index in [1.165, 1.54) is 0 Å². The Balaban J connectivity index is 1.87. The van der Waals surface area contributed by atoms with Crippen molar-refractivity contribution in [2.75, 3.05) is 13.2 Å². The second-order valence-corrected chi connectivity index (χ2v) is 5.47. The summed E-state index contributed by atoms with van der Waals surface area (Å²) in [5.74, 6) is 0.566. The van der Waals surface area contributed by atoms with Crippen LogP contribution >= 0.6 is 15.9 Å². The summed E-state index contributed by atoms with van der Waals surface area (Å²) in [4.78, 5) is 12.0. The molecule has 1 aliphatic rings. The molecule has 1 fully saturated rings. The highest BCUT2D eigenvalue weighted by Gasteiger charge is 2.21. The van der Waals surface area contributed by atoms with Gasteiger partial charge in [0.2, 0.25) is 0 Å².